The van der Waals surface area contributed by atoms with Crippen LogP contribution in [0.2, 0.25) is 5.02 Å². The zero-order chi connectivity index (χ0) is 18.8. The van der Waals surface area contributed by atoms with Crippen LogP contribution in [0.25, 0.3) is 0 Å². The molecule has 1 aliphatic rings. The summed E-state index contributed by atoms with van der Waals surface area (Å²) in [5.41, 5.74) is 2.00. The van der Waals surface area contributed by atoms with Crippen LogP contribution < -0.4 is 10.1 Å². The number of methoxy groups -OCH3 is 1. The quantitative estimate of drug-likeness (QED) is 0.629. The largest absolute Gasteiger partial charge is 0.495 e. The fourth-order valence-corrected chi connectivity index (χ4v) is 5.49. The Morgan fingerprint density at radius 2 is 2.19 bits per heavy atom. The van der Waals surface area contributed by atoms with Gasteiger partial charge in [-0.15, -0.1) is 22.7 Å². The molecule has 4 nitrogen and oxygen atoms in total. The topological polar surface area (TPSA) is 41.6 Å². The number of hydrogen-bond donors (Lipinski definition) is 1. The first-order chi connectivity index (χ1) is 13.2. The van der Waals surface area contributed by atoms with E-state index < -0.39 is 0 Å². The highest BCUT2D eigenvalue weighted by atomic mass is 35.5. The van der Waals surface area contributed by atoms with E-state index in [-0.39, 0.29) is 11.9 Å². The third-order valence-electron chi connectivity index (χ3n) is 4.66. The Kier molecular flexibility index (Phi) is 5.50. The van der Waals surface area contributed by atoms with Gasteiger partial charge in [-0.05, 0) is 53.1 Å². The van der Waals surface area contributed by atoms with Crippen LogP contribution in [0.4, 0.5) is 5.69 Å². The van der Waals surface area contributed by atoms with Crippen LogP contribution in [-0.2, 0) is 11.2 Å². The number of rotatable bonds is 5. The van der Waals surface area contributed by atoms with Crippen LogP contribution in [0, 0.1) is 0 Å². The molecule has 1 N–H and O–H groups in total. The van der Waals surface area contributed by atoms with Gasteiger partial charge in [-0.25, -0.2) is 0 Å². The van der Waals surface area contributed by atoms with Crippen LogP contribution in [0.1, 0.15) is 21.4 Å². The van der Waals surface area contributed by atoms with Crippen molar-refractivity contribution in [1.29, 1.82) is 0 Å². The second-order valence-corrected chi connectivity index (χ2v) is 8.72. The van der Waals surface area contributed by atoms with Crippen molar-refractivity contribution < 1.29 is 9.53 Å². The first kappa shape index (κ1) is 18.5. The summed E-state index contributed by atoms with van der Waals surface area (Å²) >= 11 is 9.70. The third kappa shape index (κ3) is 3.89. The molecule has 0 bridgehead atoms. The molecule has 4 rings (SSSR count). The standard InChI is InChI=1S/C20H19ClN2O2S2/c1-25-16-5-4-13(11-15(16)21)22-19(24)12-23-8-6-17-14(7-10-27-17)20(23)18-3-2-9-26-18/h2-5,7,9-11,20H,6,8,12H2,1H3,(H,22,24)/t20-/m1/s1. The minimum atomic E-state index is -0.0449. The average molecular weight is 419 g/mol. The molecule has 1 atom stereocenters. The Balaban J connectivity index is 1.51. The monoisotopic (exact) mass is 418 g/mol. The Morgan fingerprint density at radius 3 is 2.93 bits per heavy atom. The number of benzene rings is 1. The predicted molar refractivity (Wildman–Crippen MR) is 112 cm³/mol. The first-order valence-electron chi connectivity index (χ1n) is 8.63. The van der Waals surface area contributed by atoms with E-state index in [1.165, 1.54) is 15.3 Å². The Labute approximate surface area is 171 Å². The summed E-state index contributed by atoms with van der Waals surface area (Å²) in [4.78, 5) is 17.6. The number of nitrogens with one attached hydrogen (secondary N) is 1. The van der Waals surface area contributed by atoms with Gasteiger partial charge in [0, 0.05) is 22.0 Å². The number of amides is 1. The van der Waals surface area contributed by atoms with Gasteiger partial charge in [0.1, 0.15) is 5.75 Å². The van der Waals surface area contributed by atoms with Crippen molar-refractivity contribution >= 4 is 45.9 Å². The van der Waals surface area contributed by atoms with Crippen molar-refractivity contribution in [2.75, 3.05) is 25.5 Å². The highest BCUT2D eigenvalue weighted by Crippen LogP contribution is 2.39. The zero-order valence-electron chi connectivity index (χ0n) is 14.8. The highest BCUT2D eigenvalue weighted by molar-refractivity contribution is 7.10. The van der Waals surface area contributed by atoms with E-state index in [9.17, 15) is 4.79 Å². The number of nitrogens with zero attached hydrogens (tertiary/aromatic N) is 1. The fraction of sp³-hybridized carbons (Fsp3) is 0.250. The molecule has 3 heterocycles. The molecule has 0 unspecified atom stereocenters. The lowest BCUT2D eigenvalue weighted by Crippen LogP contribution is -2.40. The highest BCUT2D eigenvalue weighted by Gasteiger charge is 2.31. The van der Waals surface area contributed by atoms with Gasteiger partial charge in [-0.1, -0.05) is 17.7 Å². The molecule has 140 valence electrons. The fourth-order valence-electron chi connectivity index (χ4n) is 3.45. The number of thiophene rings is 2. The summed E-state index contributed by atoms with van der Waals surface area (Å²) in [6.45, 7) is 1.20. The molecule has 0 aliphatic carbocycles. The summed E-state index contributed by atoms with van der Waals surface area (Å²) in [6, 6.07) is 11.8. The molecule has 0 saturated carbocycles. The van der Waals surface area contributed by atoms with Gasteiger partial charge < -0.3 is 10.1 Å². The van der Waals surface area contributed by atoms with Gasteiger partial charge in [0.05, 0.1) is 24.7 Å². The normalized spacial score (nSPS) is 16.7. The van der Waals surface area contributed by atoms with Crippen LogP contribution in [0.3, 0.4) is 0 Å². The molecule has 27 heavy (non-hydrogen) atoms. The Morgan fingerprint density at radius 1 is 1.30 bits per heavy atom. The molecule has 0 radical (unpaired) electrons. The summed E-state index contributed by atoms with van der Waals surface area (Å²) in [7, 11) is 1.57. The molecule has 0 fully saturated rings. The minimum absolute atomic E-state index is 0.0449. The van der Waals surface area contributed by atoms with Crippen LogP contribution in [-0.4, -0.2) is 31.0 Å². The Hall–Kier alpha value is -1.86. The Bertz CT molecular complexity index is 939. The van der Waals surface area contributed by atoms with Gasteiger partial charge in [0.25, 0.3) is 0 Å². The van der Waals surface area contributed by atoms with Gasteiger partial charge in [-0.3, -0.25) is 9.69 Å². The van der Waals surface area contributed by atoms with Crippen LogP contribution in [0.5, 0.6) is 5.75 Å². The number of hydrogen-bond acceptors (Lipinski definition) is 5. The van der Waals surface area contributed by atoms with E-state index in [4.69, 9.17) is 16.3 Å². The minimum Gasteiger partial charge on any atom is -0.495 e. The van der Waals surface area contributed by atoms with E-state index in [1.54, 1.807) is 48.0 Å². The second-order valence-electron chi connectivity index (χ2n) is 6.34. The van der Waals surface area contributed by atoms with Gasteiger partial charge in [0.2, 0.25) is 5.91 Å². The molecule has 1 aromatic carbocycles. The number of fused-ring (bicyclic) bond motifs is 1. The van der Waals surface area contributed by atoms with Crippen molar-refractivity contribution in [3.05, 3.63) is 67.5 Å². The third-order valence-corrected chi connectivity index (χ3v) is 6.88. The maximum absolute atomic E-state index is 12.7. The molecular formula is C20H19ClN2O2S2. The zero-order valence-corrected chi connectivity index (χ0v) is 17.2. The molecule has 3 aromatic rings. The molecule has 2 aromatic heterocycles. The summed E-state index contributed by atoms with van der Waals surface area (Å²) in [5.74, 6) is 0.546. The lowest BCUT2D eigenvalue weighted by molar-refractivity contribution is -0.117. The number of halogens is 1. The average Bonchev–Trinajstić information content (AvgIpc) is 3.33. The molecule has 0 saturated heterocycles. The summed E-state index contributed by atoms with van der Waals surface area (Å²) < 4.78 is 5.16. The van der Waals surface area contributed by atoms with Crippen molar-refractivity contribution in [1.82, 2.24) is 4.90 Å². The van der Waals surface area contributed by atoms with Crippen LogP contribution >= 0.6 is 34.3 Å². The molecule has 7 heteroatoms. The molecule has 1 aliphatic heterocycles. The van der Waals surface area contributed by atoms with E-state index in [1.807, 2.05) is 0 Å². The van der Waals surface area contributed by atoms with E-state index in [0.717, 1.165) is 13.0 Å². The molecule has 1 amide bonds. The van der Waals surface area contributed by atoms with Gasteiger partial charge >= 0.3 is 0 Å². The first-order valence-corrected chi connectivity index (χ1v) is 10.8. The van der Waals surface area contributed by atoms with Gasteiger partial charge in [0.15, 0.2) is 0 Å². The predicted octanol–water partition coefficient (Wildman–Crippen LogP) is 5.06. The van der Waals surface area contributed by atoms with Crippen molar-refractivity contribution in [2.24, 2.45) is 0 Å². The summed E-state index contributed by atoms with van der Waals surface area (Å²) in [5, 5.41) is 7.67. The van der Waals surface area contributed by atoms with Crippen LogP contribution in [0.15, 0.2) is 47.2 Å². The van der Waals surface area contributed by atoms with E-state index in [2.05, 4.69) is 39.2 Å². The maximum Gasteiger partial charge on any atom is 0.238 e. The SMILES string of the molecule is COc1ccc(NC(=O)CN2CCc3sccc3[C@@H]2c2cccs2)cc1Cl. The lowest BCUT2D eigenvalue weighted by Gasteiger charge is -2.34. The number of carbonyl (C=O) groups is 1. The van der Waals surface area contributed by atoms with Crippen molar-refractivity contribution in [2.45, 2.75) is 12.5 Å². The van der Waals surface area contributed by atoms with E-state index >= 15 is 0 Å². The lowest BCUT2D eigenvalue weighted by atomic mass is 9.98. The van der Waals surface area contributed by atoms with E-state index in [0.29, 0.717) is 23.0 Å². The van der Waals surface area contributed by atoms with Crippen molar-refractivity contribution in [3.63, 3.8) is 0 Å². The smallest absolute Gasteiger partial charge is 0.238 e. The molecular weight excluding hydrogens is 400 g/mol. The number of anilines is 1. The molecule has 0 spiro atoms. The van der Waals surface area contributed by atoms with Gasteiger partial charge in [-0.2, -0.15) is 0 Å². The number of carbonyl (C=O) groups excluding carboxylic acids is 1. The number of ether oxygens (including phenoxy) is 1. The second kappa shape index (κ2) is 8.02. The summed E-state index contributed by atoms with van der Waals surface area (Å²) in [6.07, 6.45) is 0.983. The van der Waals surface area contributed by atoms with Crippen molar-refractivity contribution in [3.8, 4) is 5.75 Å². The maximum atomic E-state index is 12.7.